The normalized spacial score (nSPS) is 18.3. The van der Waals surface area contributed by atoms with Crippen LogP contribution < -0.4 is 16.0 Å². The molecule has 0 saturated heterocycles. The number of hydrogen-bond donors (Lipinski definition) is 3. The summed E-state index contributed by atoms with van der Waals surface area (Å²) in [5.41, 5.74) is 1.30. The SMILES string of the molecule is CCNCNC1Nc2cc(Br)nc(Br)c2S1. The lowest BCUT2D eigenvalue weighted by atomic mass is 10.4. The van der Waals surface area contributed by atoms with Crippen LogP contribution in [0, 0.1) is 0 Å². The lowest BCUT2D eigenvalue weighted by molar-refractivity contribution is 0.603. The first-order valence-corrected chi connectivity index (χ1v) is 7.40. The lowest BCUT2D eigenvalue weighted by Gasteiger charge is -2.12. The third kappa shape index (κ3) is 2.89. The standard InChI is InChI=1S/C9H12Br2N4S/c1-2-12-4-13-9-14-5-3-6(10)15-8(11)7(5)16-9/h3,9,12-14H,2,4H2,1H3. The molecule has 0 amide bonds. The van der Waals surface area contributed by atoms with Gasteiger partial charge in [-0.3, -0.25) is 5.32 Å². The molecule has 1 atom stereocenters. The van der Waals surface area contributed by atoms with Gasteiger partial charge in [0.1, 0.15) is 14.7 Å². The van der Waals surface area contributed by atoms with Crippen LogP contribution in [-0.4, -0.2) is 23.7 Å². The average Bonchev–Trinajstić information content (AvgIpc) is 2.61. The Hall–Kier alpha value is 0.180. The zero-order valence-electron chi connectivity index (χ0n) is 8.68. The van der Waals surface area contributed by atoms with Crippen molar-refractivity contribution in [3.05, 3.63) is 15.3 Å². The highest BCUT2D eigenvalue weighted by molar-refractivity contribution is 9.11. The zero-order chi connectivity index (χ0) is 11.5. The molecule has 7 heteroatoms. The van der Waals surface area contributed by atoms with Crippen LogP contribution >= 0.6 is 43.6 Å². The van der Waals surface area contributed by atoms with E-state index in [0.717, 1.165) is 33.0 Å². The van der Waals surface area contributed by atoms with E-state index in [0.29, 0.717) is 0 Å². The molecule has 4 nitrogen and oxygen atoms in total. The summed E-state index contributed by atoms with van der Waals surface area (Å²) < 4.78 is 1.71. The molecule has 1 unspecified atom stereocenters. The van der Waals surface area contributed by atoms with E-state index < -0.39 is 0 Å². The molecule has 88 valence electrons. The molecule has 0 saturated carbocycles. The highest BCUT2D eigenvalue weighted by Crippen LogP contribution is 2.42. The molecule has 1 aromatic heterocycles. The van der Waals surface area contributed by atoms with Crippen LogP contribution in [-0.2, 0) is 0 Å². The van der Waals surface area contributed by atoms with Gasteiger partial charge in [-0.15, -0.1) is 0 Å². The minimum atomic E-state index is 0.196. The van der Waals surface area contributed by atoms with Gasteiger partial charge < -0.3 is 10.6 Å². The highest BCUT2D eigenvalue weighted by atomic mass is 79.9. The smallest absolute Gasteiger partial charge is 0.131 e. The van der Waals surface area contributed by atoms with Crippen LogP contribution in [0.1, 0.15) is 6.92 Å². The molecule has 1 aliphatic rings. The number of halogens is 2. The Bertz CT molecular complexity index is 388. The minimum Gasteiger partial charge on any atom is -0.360 e. The number of fused-ring (bicyclic) bond motifs is 1. The quantitative estimate of drug-likeness (QED) is 0.433. The van der Waals surface area contributed by atoms with Crippen LogP contribution in [0.3, 0.4) is 0 Å². The molecular weight excluding hydrogens is 356 g/mol. The maximum absolute atomic E-state index is 4.31. The molecule has 1 aromatic rings. The number of anilines is 1. The van der Waals surface area contributed by atoms with Crippen molar-refractivity contribution in [2.45, 2.75) is 17.3 Å². The summed E-state index contributed by atoms with van der Waals surface area (Å²) in [5, 5.41) is 9.97. The topological polar surface area (TPSA) is 49.0 Å². The maximum Gasteiger partial charge on any atom is 0.131 e. The average molecular weight is 368 g/mol. The van der Waals surface area contributed by atoms with Crippen LogP contribution in [0.5, 0.6) is 0 Å². The summed E-state index contributed by atoms with van der Waals surface area (Å²) in [6.07, 6.45) is 0. The fraction of sp³-hybridized carbons (Fsp3) is 0.444. The molecule has 0 spiro atoms. The predicted molar refractivity (Wildman–Crippen MR) is 74.6 cm³/mol. The molecule has 0 bridgehead atoms. The van der Waals surface area contributed by atoms with E-state index in [1.54, 1.807) is 11.8 Å². The largest absolute Gasteiger partial charge is 0.360 e. The molecule has 2 rings (SSSR count). The lowest BCUT2D eigenvalue weighted by Crippen LogP contribution is -2.37. The van der Waals surface area contributed by atoms with E-state index in [1.165, 1.54) is 0 Å². The van der Waals surface area contributed by atoms with Gasteiger partial charge in [-0.2, -0.15) is 0 Å². The van der Waals surface area contributed by atoms with Gasteiger partial charge in [0.2, 0.25) is 0 Å². The number of thioether (sulfide) groups is 1. The monoisotopic (exact) mass is 366 g/mol. The van der Waals surface area contributed by atoms with Crippen molar-refractivity contribution in [1.82, 2.24) is 15.6 Å². The van der Waals surface area contributed by atoms with Gasteiger partial charge >= 0.3 is 0 Å². The summed E-state index contributed by atoms with van der Waals surface area (Å²) >= 11 is 8.57. The minimum absolute atomic E-state index is 0.196. The van der Waals surface area contributed by atoms with E-state index in [-0.39, 0.29) is 5.50 Å². The Kier molecular flexibility index (Phi) is 4.48. The van der Waals surface area contributed by atoms with Crippen molar-refractivity contribution in [3.63, 3.8) is 0 Å². The fourth-order valence-corrected chi connectivity index (χ4v) is 3.67. The van der Waals surface area contributed by atoms with Crippen LogP contribution in [0.2, 0.25) is 0 Å². The third-order valence-electron chi connectivity index (χ3n) is 2.09. The highest BCUT2D eigenvalue weighted by Gasteiger charge is 2.24. The maximum atomic E-state index is 4.31. The number of aromatic nitrogens is 1. The van der Waals surface area contributed by atoms with Crippen molar-refractivity contribution in [2.75, 3.05) is 18.5 Å². The van der Waals surface area contributed by atoms with Crippen LogP contribution in [0.25, 0.3) is 0 Å². The molecule has 0 fully saturated rings. The third-order valence-corrected chi connectivity index (χ3v) is 4.50. The van der Waals surface area contributed by atoms with Gasteiger partial charge in [0.15, 0.2) is 0 Å². The van der Waals surface area contributed by atoms with Gasteiger partial charge in [0.05, 0.1) is 10.6 Å². The van der Waals surface area contributed by atoms with Crippen molar-refractivity contribution in [2.24, 2.45) is 0 Å². The Morgan fingerprint density at radius 1 is 1.56 bits per heavy atom. The predicted octanol–water partition coefficient (Wildman–Crippen LogP) is 2.56. The number of hydrogen-bond acceptors (Lipinski definition) is 5. The second-order valence-corrected chi connectivity index (χ2v) is 5.92. The second kappa shape index (κ2) is 5.68. The molecule has 0 aliphatic carbocycles. The molecule has 16 heavy (non-hydrogen) atoms. The second-order valence-electron chi connectivity index (χ2n) is 3.24. The van der Waals surface area contributed by atoms with Gasteiger partial charge in [0, 0.05) is 6.67 Å². The summed E-state index contributed by atoms with van der Waals surface area (Å²) in [5.74, 6) is 0. The summed E-state index contributed by atoms with van der Waals surface area (Å²) in [6, 6.07) is 1.99. The van der Waals surface area contributed by atoms with E-state index in [4.69, 9.17) is 0 Å². The number of rotatable bonds is 4. The fourth-order valence-electron chi connectivity index (χ4n) is 1.36. The number of nitrogens with zero attached hydrogens (tertiary/aromatic N) is 1. The molecule has 3 N–H and O–H groups in total. The molecule has 0 radical (unpaired) electrons. The summed E-state index contributed by atoms with van der Waals surface area (Å²) in [6.45, 7) is 3.85. The van der Waals surface area contributed by atoms with Gasteiger partial charge in [-0.05, 0) is 44.5 Å². The Balaban J connectivity index is 2.01. The van der Waals surface area contributed by atoms with Crippen molar-refractivity contribution >= 4 is 49.3 Å². The van der Waals surface area contributed by atoms with E-state index in [2.05, 4.69) is 59.7 Å². The Morgan fingerprint density at radius 3 is 3.12 bits per heavy atom. The van der Waals surface area contributed by atoms with E-state index in [9.17, 15) is 0 Å². The number of pyridine rings is 1. The first-order valence-electron chi connectivity index (χ1n) is 4.94. The van der Waals surface area contributed by atoms with Gasteiger partial charge in [-0.1, -0.05) is 18.7 Å². The molecular formula is C9H12Br2N4S. The summed E-state index contributed by atoms with van der Waals surface area (Å²) in [7, 11) is 0. The van der Waals surface area contributed by atoms with Crippen molar-refractivity contribution in [1.29, 1.82) is 0 Å². The number of nitrogens with one attached hydrogen (secondary N) is 3. The molecule has 1 aliphatic heterocycles. The van der Waals surface area contributed by atoms with Gasteiger partial charge in [0.25, 0.3) is 0 Å². The van der Waals surface area contributed by atoms with Crippen LogP contribution in [0.4, 0.5) is 5.69 Å². The zero-order valence-corrected chi connectivity index (χ0v) is 12.7. The summed E-state index contributed by atoms with van der Waals surface area (Å²) in [4.78, 5) is 5.46. The van der Waals surface area contributed by atoms with Crippen molar-refractivity contribution < 1.29 is 0 Å². The molecule has 0 aromatic carbocycles. The van der Waals surface area contributed by atoms with Crippen molar-refractivity contribution in [3.8, 4) is 0 Å². The first-order chi connectivity index (χ1) is 7.70. The van der Waals surface area contributed by atoms with Crippen LogP contribution in [0.15, 0.2) is 20.2 Å². The van der Waals surface area contributed by atoms with Gasteiger partial charge in [-0.25, -0.2) is 4.98 Å². The van der Waals surface area contributed by atoms with E-state index >= 15 is 0 Å². The Labute approximate surface area is 116 Å². The van der Waals surface area contributed by atoms with E-state index in [1.807, 2.05) is 6.07 Å². The first kappa shape index (κ1) is 12.6. The molecule has 2 heterocycles. The Morgan fingerprint density at radius 2 is 2.38 bits per heavy atom.